The van der Waals surface area contributed by atoms with Crippen LogP contribution in [0.15, 0.2) is 54.6 Å². The third kappa shape index (κ3) is 4.51. The quantitative estimate of drug-likeness (QED) is 0.655. The molecule has 0 radical (unpaired) electrons. The molecule has 3 aromatic rings. The molecule has 7 heteroatoms. The summed E-state index contributed by atoms with van der Waals surface area (Å²) >= 11 is 0. The van der Waals surface area contributed by atoms with E-state index in [-0.39, 0.29) is 36.8 Å². The predicted molar refractivity (Wildman–Crippen MR) is 125 cm³/mol. The Morgan fingerprint density at radius 1 is 1.12 bits per heavy atom. The zero-order chi connectivity index (χ0) is 22.9. The van der Waals surface area contributed by atoms with Gasteiger partial charge >= 0.3 is 0 Å². The number of rotatable bonds is 5. The number of amides is 2. The molecule has 1 N–H and O–H groups in total. The fourth-order valence-corrected chi connectivity index (χ4v) is 3.61. The van der Waals surface area contributed by atoms with Crippen LogP contribution < -0.4 is 15.0 Å². The Balaban J connectivity index is 1.53. The van der Waals surface area contributed by atoms with Crippen LogP contribution in [-0.4, -0.2) is 34.7 Å². The van der Waals surface area contributed by atoms with Crippen LogP contribution in [0.4, 0.5) is 11.5 Å². The molecule has 0 spiro atoms. The van der Waals surface area contributed by atoms with Crippen molar-refractivity contribution in [3.8, 4) is 11.4 Å². The Morgan fingerprint density at radius 2 is 1.91 bits per heavy atom. The number of nitrogens with one attached hydrogen (secondary N) is 1. The van der Waals surface area contributed by atoms with Crippen LogP contribution in [0.25, 0.3) is 5.69 Å². The van der Waals surface area contributed by atoms with E-state index in [1.807, 2.05) is 61.5 Å². The van der Waals surface area contributed by atoms with Crippen molar-refractivity contribution in [1.29, 1.82) is 0 Å². The van der Waals surface area contributed by atoms with Crippen LogP contribution in [0, 0.1) is 6.92 Å². The van der Waals surface area contributed by atoms with Gasteiger partial charge in [0.2, 0.25) is 5.91 Å². The summed E-state index contributed by atoms with van der Waals surface area (Å²) < 4.78 is 7.24. The molecule has 0 saturated carbocycles. The van der Waals surface area contributed by atoms with Crippen molar-refractivity contribution in [3.63, 3.8) is 0 Å². The topological polar surface area (TPSA) is 76.5 Å². The van der Waals surface area contributed by atoms with Crippen molar-refractivity contribution in [3.05, 3.63) is 65.9 Å². The van der Waals surface area contributed by atoms with Crippen LogP contribution in [0.5, 0.6) is 5.75 Å². The highest BCUT2D eigenvalue weighted by atomic mass is 16.5. The van der Waals surface area contributed by atoms with Crippen molar-refractivity contribution in [1.82, 2.24) is 9.78 Å². The second-order valence-corrected chi connectivity index (χ2v) is 9.02. The molecule has 0 aliphatic carbocycles. The second-order valence-electron chi connectivity index (χ2n) is 9.02. The lowest BCUT2D eigenvalue weighted by Crippen LogP contribution is -2.40. The number of para-hydroxylation sites is 2. The lowest BCUT2D eigenvalue weighted by atomic mass is 9.92. The normalized spacial score (nSPS) is 13.5. The molecule has 0 unspecified atom stereocenters. The first kappa shape index (κ1) is 21.6. The van der Waals surface area contributed by atoms with Gasteiger partial charge < -0.3 is 15.0 Å². The fraction of sp³-hybridized carbons (Fsp3) is 0.320. The maximum Gasteiger partial charge on any atom is 0.265 e. The van der Waals surface area contributed by atoms with Gasteiger partial charge in [0, 0.05) is 24.4 Å². The van der Waals surface area contributed by atoms with E-state index in [2.05, 4.69) is 26.1 Å². The van der Waals surface area contributed by atoms with Crippen LogP contribution in [0.1, 0.15) is 38.4 Å². The van der Waals surface area contributed by atoms with Gasteiger partial charge in [0.15, 0.2) is 6.61 Å². The van der Waals surface area contributed by atoms with Crippen LogP contribution in [0.3, 0.4) is 0 Å². The fourth-order valence-electron chi connectivity index (χ4n) is 3.61. The standard InChI is InChI=1S/C25H28N4O3/c1-17-8-7-9-18(14-17)29-22(15-21(27-29)25(2,3)4)26-23(30)12-13-28-19-10-5-6-11-20(19)32-16-24(28)31/h5-11,14-15H,12-13,16H2,1-4H3,(H,26,30). The van der Waals surface area contributed by atoms with E-state index in [0.29, 0.717) is 17.3 Å². The Hall–Kier alpha value is -3.61. The van der Waals surface area contributed by atoms with Gasteiger partial charge in [-0.15, -0.1) is 0 Å². The van der Waals surface area contributed by atoms with Crippen molar-refractivity contribution in [2.45, 2.75) is 39.5 Å². The molecule has 0 saturated heterocycles. The summed E-state index contributed by atoms with van der Waals surface area (Å²) in [6.45, 7) is 8.53. The van der Waals surface area contributed by atoms with Crippen molar-refractivity contribution in [2.24, 2.45) is 0 Å². The van der Waals surface area contributed by atoms with Gasteiger partial charge in [-0.3, -0.25) is 9.59 Å². The van der Waals surface area contributed by atoms with Crippen LogP contribution in [0.2, 0.25) is 0 Å². The first-order chi connectivity index (χ1) is 15.2. The van der Waals surface area contributed by atoms with E-state index in [9.17, 15) is 9.59 Å². The molecule has 0 fully saturated rings. The lowest BCUT2D eigenvalue weighted by molar-refractivity contribution is -0.121. The summed E-state index contributed by atoms with van der Waals surface area (Å²) in [5.41, 5.74) is 3.39. The molecule has 1 aliphatic rings. The molecular weight excluding hydrogens is 404 g/mol. The molecule has 32 heavy (non-hydrogen) atoms. The Labute approximate surface area is 188 Å². The minimum Gasteiger partial charge on any atom is -0.482 e. The number of hydrogen-bond acceptors (Lipinski definition) is 4. The summed E-state index contributed by atoms with van der Waals surface area (Å²) in [4.78, 5) is 26.8. The SMILES string of the molecule is Cc1cccc(-n2nc(C(C)(C)C)cc2NC(=O)CCN2C(=O)COc3ccccc32)c1. The van der Waals surface area contributed by atoms with E-state index in [0.717, 1.165) is 16.9 Å². The number of anilines is 2. The van der Waals surface area contributed by atoms with E-state index in [1.54, 1.807) is 9.58 Å². The van der Waals surface area contributed by atoms with E-state index in [1.165, 1.54) is 0 Å². The average molecular weight is 433 g/mol. The largest absolute Gasteiger partial charge is 0.482 e. The van der Waals surface area contributed by atoms with Gasteiger partial charge in [-0.05, 0) is 36.8 Å². The summed E-state index contributed by atoms with van der Waals surface area (Å²) in [5, 5.41) is 7.75. The molecule has 0 atom stereocenters. The number of nitrogens with zero attached hydrogens (tertiary/aromatic N) is 3. The smallest absolute Gasteiger partial charge is 0.265 e. The van der Waals surface area contributed by atoms with Gasteiger partial charge in [0.1, 0.15) is 11.6 Å². The number of hydrogen-bond donors (Lipinski definition) is 1. The third-order valence-corrected chi connectivity index (χ3v) is 5.36. The van der Waals surface area contributed by atoms with E-state index in [4.69, 9.17) is 9.84 Å². The van der Waals surface area contributed by atoms with Crippen molar-refractivity contribution in [2.75, 3.05) is 23.4 Å². The Bertz CT molecular complexity index is 1160. The molecule has 2 aromatic carbocycles. The van der Waals surface area contributed by atoms with Crippen LogP contribution in [-0.2, 0) is 15.0 Å². The highest BCUT2D eigenvalue weighted by Gasteiger charge is 2.26. The van der Waals surface area contributed by atoms with Gasteiger partial charge in [0.25, 0.3) is 5.91 Å². The number of aromatic nitrogens is 2. The van der Waals surface area contributed by atoms with Crippen LogP contribution >= 0.6 is 0 Å². The molecule has 166 valence electrons. The first-order valence-electron chi connectivity index (χ1n) is 10.7. The number of aryl methyl sites for hydroxylation is 1. The molecule has 7 nitrogen and oxygen atoms in total. The van der Waals surface area contributed by atoms with Gasteiger partial charge in [-0.2, -0.15) is 5.10 Å². The molecule has 2 amide bonds. The van der Waals surface area contributed by atoms with E-state index >= 15 is 0 Å². The zero-order valence-corrected chi connectivity index (χ0v) is 18.9. The predicted octanol–water partition coefficient (Wildman–Crippen LogP) is 4.23. The van der Waals surface area contributed by atoms with Gasteiger partial charge in [-0.25, -0.2) is 4.68 Å². The molecule has 0 bridgehead atoms. The minimum atomic E-state index is -0.184. The summed E-state index contributed by atoms with van der Waals surface area (Å²) in [6, 6.07) is 17.2. The number of carbonyl (C=O) groups excluding carboxylic acids is 2. The molecule has 1 aliphatic heterocycles. The molecule has 4 rings (SSSR count). The summed E-state index contributed by atoms with van der Waals surface area (Å²) in [5.74, 6) is 0.923. The van der Waals surface area contributed by atoms with Crippen molar-refractivity contribution < 1.29 is 14.3 Å². The number of benzene rings is 2. The first-order valence-corrected chi connectivity index (χ1v) is 10.7. The van der Waals surface area contributed by atoms with Gasteiger partial charge in [0.05, 0.1) is 17.1 Å². The Morgan fingerprint density at radius 3 is 2.66 bits per heavy atom. The second kappa shape index (κ2) is 8.49. The Kier molecular flexibility index (Phi) is 5.74. The van der Waals surface area contributed by atoms with Gasteiger partial charge in [-0.1, -0.05) is 45.0 Å². The maximum absolute atomic E-state index is 12.9. The molecular formula is C25H28N4O3. The maximum atomic E-state index is 12.9. The minimum absolute atomic E-state index is 0.0201. The average Bonchev–Trinajstić information content (AvgIpc) is 3.17. The molecule has 2 heterocycles. The van der Waals surface area contributed by atoms with E-state index < -0.39 is 0 Å². The number of fused-ring (bicyclic) bond motifs is 1. The summed E-state index contributed by atoms with van der Waals surface area (Å²) in [6.07, 6.45) is 0.157. The molecule has 1 aromatic heterocycles. The number of carbonyl (C=O) groups is 2. The van der Waals surface area contributed by atoms with Crippen molar-refractivity contribution >= 4 is 23.3 Å². The highest BCUT2D eigenvalue weighted by Crippen LogP contribution is 2.31. The third-order valence-electron chi connectivity index (χ3n) is 5.36. The monoisotopic (exact) mass is 432 g/mol. The zero-order valence-electron chi connectivity index (χ0n) is 18.9. The number of ether oxygens (including phenoxy) is 1. The summed E-state index contributed by atoms with van der Waals surface area (Å²) in [7, 11) is 0. The lowest BCUT2D eigenvalue weighted by Gasteiger charge is -2.29. The highest BCUT2D eigenvalue weighted by molar-refractivity contribution is 5.99.